The number of rotatable bonds is 4. The maximum atomic E-state index is 12.3. The van der Waals surface area contributed by atoms with Crippen LogP contribution < -0.4 is 5.32 Å². The number of benzene rings is 2. The molecule has 1 aliphatic heterocycles. The van der Waals surface area contributed by atoms with E-state index in [-0.39, 0.29) is 11.5 Å². The van der Waals surface area contributed by atoms with Crippen molar-refractivity contribution in [1.82, 2.24) is 9.97 Å². The SMILES string of the molecule is O=C1C=C(Nc2ccc(-c3ccccc3)cc2)O/C1=C/c1c[nH]c2ncccc12. The molecule has 0 unspecified atom stereocenters. The highest BCUT2D eigenvalue weighted by molar-refractivity contribution is 6.09. The molecule has 0 amide bonds. The highest BCUT2D eigenvalue weighted by Gasteiger charge is 2.21. The van der Waals surface area contributed by atoms with Crippen LogP contribution in [0.5, 0.6) is 0 Å². The number of aromatic nitrogens is 2. The van der Waals surface area contributed by atoms with Crippen LogP contribution in [0.3, 0.4) is 0 Å². The van der Waals surface area contributed by atoms with Gasteiger partial charge in [0, 0.05) is 29.0 Å². The second-order valence-electron chi connectivity index (χ2n) is 6.70. The standard InChI is InChI=1S/C24H17N3O2/c28-21-14-23(27-19-10-8-17(9-11-19)16-5-2-1-3-6-16)29-22(21)13-18-15-26-24-20(18)7-4-12-25-24/h1-15,27H,(H,25,26)/b22-13+. The molecule has 0 saturated heterocycles. The molecule has 0 atom stereocenters. The second kappa shape index (κ2) is 7.13. The van der Waals surface area contributed by atoms with E-state index in [1.54, 1.807) is 12.3 Å². The van der Waals surface area contributed by atoms with Gasteiger partial charge in [-0.25, -0.2) is 4.98 Å². The predicted molar refractivity (Wildman–Crippen MR) is 114 cm³/mol. The molecule has 2 aromatic carbocycles. The van der Waals surface area contributed by atoms with E-state index in [4.69, 9.17) is 4.74 Å². The number of nitrogens with one attached hydrogen (secondary N) is 2. The summed E-state index contributed by atoms with van der Waals surface area (Å²) >= 11 is 0. The number of hydrogen-bond donors (Lipinski definition) is 2. The first-order valence-electron chi connectivity index (χ1n) is 9.26. The number of anilines is 1. The van der Waals surface area contributed by atoms with Crippen LogP contribution in [0.4, 0.5) is 5.69 Å². The molecule has 2 N–H and O–H groups in total. The number of pyridine rings is 1. The number of carbonyl (C=O) groups excluding carboxylic acids is 1. The van der Waals surface area contributed by atoms with Crippen LogP contribution in [0.15, 0.2) is 96.8 Å². The number of ketones is 1. The molecule has 2 aromatic heterocycles. The molecule has 5 rings (SSSR count). The van der Waals surface area contributed by atoms with Gasteiger partial charge in [0.05, 0.1) is 6.08 Å². The summed E-state index contributed by atoms with van der Waals surface area (Å²) in [5.41, 5.74) is 4.76. The van der Waals surface area contributed by atoms with E-state index in [0.717, 1.165) is 33.4 Å². The third-order valence-corrected chi connectivity index (χ3v) is 4.75. The molecule has 0 aliphatic carbocycles. The maximum Gasteiger partial charge on any atom is 0.226 e. The zero-order valence-corrected chi connectivity index (χ0v) is 15.4. The van der Waals surface area contributed by atoms with E-state index in [9.17, 15) is 4.79 Å². The van der Waals surface area contributed by atoms with Crippen LogP contribution in [-0.2, 0) is 9.53 Å². The highest BCUT2D eigenvalue weighted by atomic mass is 16.5. The number of allylic oxidation sites excluding steroid dienone is 1. The first kappa shape index (κ1) is 17.0. The number of aromatic amines is 1. The lowest BCUT2D eigenvalue weighted by atomic mass is 10.1. The van der Waals surface area contributed by atoms with Crippen molar-refractivity contribution in [3.8, 4) is 11.1 Å². The lowest BCUT2D eigenvalue weighted by molar-refractivity contribution is -0.112. The summed E-state index contributed by atoms with van der Waals surface area (Å²) < 4.78 is 5.74. The smallest absolute Gasteiger partial charge is 0.226 e. The highest BCUT2D eigenvalue weighted by Crippen LogP contribution is 2.26. The minimum Gasteiger partial charge on any atom is -0.437 e. The molecule has 0 radical (unpaired) electrons. The lowest BCUT2D eigenvalue weighted by Crippen LogP contribution is -1.99. The molecule has 29 heavy (non-hydrogen) atoms. The molecule has 3 heterocycles. The van der Waals surface area contributed by atoms with Crippen LogP contribution in [0, 0.1) is 0 Å². The van der Waals surface area contributed by atoms with E-state index in [0.29, 0.717) is 5.88 Å². The van der Waals surface area contributed by atoms with Crippen LogP contribution in [0.2, 0.25) is 0 Å². The molecular formula is C24H17N3O2. The summed E-state index contributed by atoms with van der Waals surface area (Å²) in [5.74, 6) is 0.511. The quantitative estimate of drug-likeness (QED) is 0.483. The molecule has 1 aliphatic rings. The van der Waals surface area contributed by atoms with E-state index < -0.39 is 0 Å². The van der Waals surface area contributed by atoms with Crippen molar-refractivity contribution in [2.45, 2.75) is 0 Å². The Hall–Kier alpha value is -4.12. The molecule has 4 aromatic rings. The van der Waals surface area contributed by atoms with Crippen molar-refractivity contribution in [3.63, 3.8) is 0 Å². The van der Waals surface area contributed by atoms with Crippen molar-refractivity contribution >= 4 is 28.6 Å². The Balaban J connectivity index is 1.32. The van der Waals surface area contributed by atoms with Crippen molar-refractivity contribution < 1.29 is 9.53 Å². The zero-order chi connectivity index (χ0) is 19.6. The fraction of sp³-hybridized carbons (Fsp3) is 0. The fourth-order valence-corrected chi connectivity index (χ4v) is 3.31. The Bertz CT molecular complexity index is 1250. The minimum atomic E-state index is -0.174. The summed E-state index contributed by atoms with van der Waals surface area (Å²) in [7, 11) is 0. The summed E-state index contributed by atoms with van der Waals surface area (Å²) in [5, 5.41) is 4.09. The first-order valence-corrected chi connectivity index (χ1v) is 9.26. The van der Waals surface area contributed by atoms with E-state index in [2.05, 4.69) is 27.4 Å². The third kappa shape index (κ3) is 3.41. The number of hydrogen-bond acceptors (Lipinski definition) is 4. The topological polar surface area (TPSA) is 67.0 Å². The molecule has 5 nitrogen and oxygen atoms in total. The molecule has 140 valence electrons. The zero-order valence-electron chi connectivity index (χ0n) is 15.4. The molecule has 0 bridgehead atoms. The van der Waals surface area contributed by atoms with Gasteiger partial charge >= 0.3 is 0 Å². The first-order chi connectivity index (χ1) is 14.3. The Morgan fingerprint density at radius 3 is 2.55 bits per heavy atom. The van der Waals surface area contributed by atoms with Gasteiger partial charge in [0.2, 0.25) is 11.7 Å². The van der Waals surface area contributed by atoms with Gasteiger partial charge in [-0.05, 0) is 41.5 Å². The summed E-state index contributed by atoms with van der Waals surface area (Å²) in [6.07, 6.45) is 6.73. The number of carbonyl (C=O) groups is 1. The maximum absolute atomic E-state index is 12.3. The van der Waals surface area contributed by atoms with Gasteiger partial charge in [0.15, 0.2) is 5.76 Å². The van der Waals surface area contributed by atoms with Crippen LogP contribution in [-0.4, -0.2) is 15.8 Å². The molecule has 0 saturated carbocycles. The van der Waals surface area contributed by atoms with Gasteiger partial charge in [0.1, 0.15) is 5.65 Å². The monoisotopic (exact) mass is 379 g/mol. The van der Waals surface area contributed by atoms with Crippen LogP contribution in [0.1, 0.15) is 5.56 Å². The molecule has 0 spiro atoms. The Morgan fingerprint density at radius 1 is 0.931 bits per heavy atom. The lowest BCUT2D eigenvalue weighted by Gasteiger charge is -2.09. The van der Waals surface area contributed by atoms with Crippen molar-refractivity contribution in [1.29, 1.82) is 0 Å². The Morgan fingerprint density at radius 2 is 1.72 bits per heavy atom. The van der Waals surface area contributed by atoms with Crippen LogP contribution in [0.25, 0.3) is 28.2 Å². The summed E-state index contributed by atoms with van der Waals surface area (Å²) in [6, 6.07) is 22.0. The van der Waals surface area contributed by atoms with Crippen molar-refractivity contribution in [2.24, 2.45) is 0 Å². The summed E-state index contributed by atoms with van der Waals surface area (Å²) in [4.78, 5) is 19.7. The Labute approximate surface area is 167 Å². The van der Waals surface area contributed by atoms with Gasteiger partial charge in [0.25, 0.3) is 0 Å². The van der Waals surface area contributed by atoms with Gasteiger partial charge in [-0.15, -0.1) is 0 Å². The van der Waals surface area contributed by atoms with Crippen molar-refractivity contribution in [2.75, 3.05) is 5.32 Å². The average molecular weight is 379 g/mol. The number of H-pyrrole nitrogens is 1. The van der Waals surface area contributed by atoms with Gasteiger partial charge in [-0.3, -0.25) is 4.79 Å². The van der Waals surface area contributed by atoms with E-state index >= 15 is 0 Å². The summed E-state index contributed by atoms with van der Waals surface area (Å²) in [6.45, 7) is 0. The van der Waals surface area contributed by atoms with E-state index in [1.165, 1.54) is 6.08 Å². The number of nitrogens with zero attached hydrogens (tertiary/aromatic N) is 1. The van der Waals surface area contributed by atoms with Gasteiger partial charge in [-0.2, -0.15) is 0 Å². The fourth-order valence-electron chi connectivity index (χ4n) is 3.31. The minimum absolute atomic E-state index is 0.174. The van der Waals surface area contributed by atoms with Gasteiger partial charge < -0.3 is 15.0 Å². The number of fused-ring (bicyclic) bond motifs is 1. The largest absolute Gasteiger partial charge is 0.437 e. The van der Waals surface area contributed by atoms with Gasteiger partial charge in [-0.1, -0.05) is 42.5 Å². The Kier molecular flexibility index (Phi) is 4.18. The third-order valence-electron chi connectivity index (χ3n) is 4.75. The van der Waals surface area contributed by atoms with Crippen molar-refractivity contribution in [3.05, 3.63) is 102 Å². The molecular weight excluding hydrogens is 362 g/mol. The average Bonchev–Trinajstić information content (AvgIpc) is 3.33. The number of ether oxygens (including phenoxy) is 1. The van der Waals surface area contributed by atoms with E-state index in [1.807, 2.05) is 60.8 Å². The second-order valence-corrected chi connectivity index (χ2v) is 6.70. The molecule has 5 heteroatoms. The molecule has 0 fully saturated rings. The van der Waals surface area contributed by atoms with Crippen LogP contribution >= 0.6 is 0 Å². The normalized spacial score (nSPS) is 14.8. The predicted octanol–water partition coefficient (Wildman–Crippen LogP) is 5.12.